The fraction of sp³-hybridized carbons (Fsp3) is 0.923. The lowest BCUT2D eigenvalue weighted by Gasteiger charge is -2.55. The third kappa shape index (κ3) is 2.57. The molecule has 0 aromatic rings. The Morgan fingerprint density at radius 2 is 1.88 bits per heavy atom. The van der Waals surface area contributed by atoms with Gasteiger partial charge in [-0.1, -0.05) is 0 Å². The molecule has 2 fully saturated rings. The largest absolute Gasteiger partial charge is 0.444 e. The number of carbonyl (C=O) groups excluding carboxylic acids is 1. The van der Waals surface area contributed by atoms with Gasteiger partial charge in [-0.15, -0.1) is 0 Å². The van der Waals surface area contributed by atoms with Crippen LogP contribution in [-0.2, 0) is 4.74 Å². The van der Waals surface area contributed by atoms with Gasteiger partial charge in [0.25, 0.3) is 0 Å². The summed E-state index contributed by atoms with van der Waals surface area (Å²) in [5.41, 5.74) is 5.59. The second-order valence-corrected chi connectivity index (χ2v) is 6.44. The van der Waals surface area contributed by atoms with Crippen LogP contribution in [0.15, 0.2) is 0 Å². The number of hydrogen-bond donors (Lipinski definition) is 1. The van der Waals surface area contributed by atoms with Crippen molar-refractivity contribution >= 4 is 6.09 Å². The van der Waals surface area contributed by atoms with E-state index in [2.05, 4.69) is 0 Å². The third-order valence-electron chi connectivity index (χ3n) is 3.95. The van der Waals surface area contributed by atoms with Gasteiger partial charge in [0.05, 0.1) is 0 Å². The molecule has 98 valence electrons. The van der Waals surface area contributed by atoms with Crippen LogP contribution in [0.4, 0.5) is 4.79 Å². The summed E-state index contributed by atoms with van der Waals surface area (Å²) in [6.07, 6.45) is 5.08. The van der Waals surface area contributed by atoms with Gasteiger partial charge in [0, 0.05) is 18.1 Å². The van der Waals surface area contributed by atoms with E-state index in [1.165, 1.54) is 0 Å². The van der Waals surface area contributed by atoms with Crippen molar-refractivity contribution in [3.63, 3.8) is 0 Å². The van der Waals surface area contributed by atoms with Crippen LogP contribution in [-0.4, -0.2) is 34.7 Å². The molecule has 0 atom stereocenters. The van der Waals surface area contributed by atoms with Gasteiger partial charge in [0.1, 0.15) is 5.60 Å². The Labute approximate surface area is 103 Å². The molecule has 1 aliphatic carbocycles. The molecule has 0 bridgehead atoms. The van der Waals surface area contributed by atoms with E-state index in [1.54, 1.807) is 0 Å². The Balaban J connectivity index is 1.96. The molecule has 0 aromatic carbocycles. The standard InChI is InChI=1S/C13H24N2O2/c1-12(2,3)17-11(16)15-9-8-13(15)6-4-10(14)5-7-13/h10H,4-9,14H2,1-3H3. The predicted octanol–water partition coefficient (Wildman–Crippen LogP) is 2.27. The van der Waals surface area contributed by atoms with E-state index >= 15 is 0 Å². The zero-order chi connectivity index (χ0) is 12.7. The van der Waals surface area contributed by atoms with Crippen molar-refractivity contribution < 1.29 is 9.53 Å². The fourth-order valence-electron chi connectivity index (χ4n) is 2.84. The van der Waals surface area contributed by atoms with Crippen molar-refractivity contribution in [1.29, 1.82) is 0 Å². The zero-order valence-electron chi connectivity index (χ0n) is 11.2. The Morgan fingerprint density at radius 1 is 1.29 bits per heavy atom. The minimum Gasteiger partial charge on any atom is -0.444 e. The summed E-state index contributed by atoms with van der Waals surface area (Å²) < 4.78 is 5.45. The van der Waals surface area contributed by atoms with Gasteiger partial charge in [-0.25, -0.2) is 4.79 Å². The molecule has 4 nitrogen and oxygen atoms in total. The Hall–Kier alpha value is -0.770. The molecule has 2 N–H and O–H groups in total. The summed E-state index contributed by atoms with van der Waals surface area (Å²) >= 11 is 0. The van der Waals surface area contributed by atoms with Crippen LogP contribution in [0.1, 0.15) is 52.9 Å². The molecule has 1 heterocycles. The van der Waals surface area contributed by atoms with Crippen LogP contribution in [0.25, 0.3) is 0 Å². The van der Waals surface area contributed by atoms with Crippen molar-refractivity contribution in [2.45, 2.75) is 70.1 Å². The van der Waals surface area contributed by atoms with Crippen LogP contribution < -0.4 is 5.73 Å². The number of nitrogens with zero attached hydrogens (tertiary/aromatic N) is 1. The number of carbonyl (C=O) groups is 1. The molecular formula is C13H24N2O2. The molecule has 2 rings (SSSR count). The van der Waals surface area contributed by atoms with Crippen molar-refractivity contribution in [3.05, 3.63) is 0 Å². The molecule has 4 heteroatoms. The van der Waals surface area contributed by atoms with Crippen LogP contribution >= 0.6 is 0 Å². The highest BCUT2D eigenvalue weighted by atomic mass is 16.6. The van der Waals surface area contributed by atoms with Crippen LogP contribution in [0, 0.1) is 0 Å². The minimum absolute atomic E-state index is 0.0677. The van der Waals surface area contributed by atoms with Crippen molar-refractivity contribution in [2.75, 3.05) is 6.54 Å². The van der Waals surface area contributed by atoms with E-state index in [0.717, 1.165) is 38.6 Å². The second-order valence-electron chi connectivity index (χ2n) is 6.44. The molecule has 2 aliphatic rings. The van der Waals surface area contributed by atoms with Crippen molar-refractivity contribution in [2.24, 2.45) is 5.73 Å². The molecule has 1 amide bonds. The van der Waals surface area contributed by atoms with Gasteiger partial charge in [-0.05, 0) is 52.9 Å². The maximum atomic E-state index is 12.1. The Kier molecular flexibility index (Phi) is 3.10. The van der Waals surface area contributed by atoms with Gasteiger partial charge >= 0.3 is 6.09 Å². The highest BCUT2D eigenvalue weighted by Gasteiger charge is 2.49. The van der Waals surface area contributed by atoms with Gasteiger partial charge < -0.3 is 15.4 Å². The number of hydrogen-bond acceptors (Lipinski definition) is 3. The minimum atomic E-state index is -0.404. The van der Waals surface area contributed by atoms with Crippen molar-refractivity contribution in [1.82, 2.24) is 4.90 Å². The molecule has 1 spiro atoms. The summed E-state index contributed by atoms with van der Waals surface area (Å²) in [5.74, 6) is 0. The predicted molar refractivity (Wildman–Crippen MR) is 66.7 cm³/mol. The normalized spacial score (nSPS) is 33.4. The average Bonchev–Trinajstić information content (AvgIpc) is 2.14. The first-order valence-electron chi connectivity index (χ1n) is 6.59. The van der Waals surface area contributed by atoms with E-state index in [0.29, 0.717) is 6.04 Å². The summed E-state index contributed by atoms with van der Waals surface area (Å²) in [5, 5.41) is 0. The molecule has 1 saturated heterocycles. The van der Waals surface area contributed by atoms with Gasteiger partial charge in [-0.3, -0.25) is 0 Å². The Bertz CT molecular complexity index is 301. The zero-order valence-corrected chi connectivity index (χ0v) is 11.2. The average molecular weight is 240 g/mol. The maximum absolute atomic E-state index is 12.1. The maximum Gasteiger partial charge on any atom is 0.410 e. The Morgan fingerprint density at radius 3 is 2.29 bits per heavy atom. The summed E-state index contributed by atoms with van der Waals surface area (Å²) in [4.78, 5) is 14.0. The first-order chi connectivity index (χ1) is 7.82. The molecule has 1 saturated carbocycles. The summed E-state index contributed by atoms with van der Waals surface area (Å²) in [6, 6.07) is 0.321. The number of ether oxygens (including phenoxy) is 1. The molecular weight excluding hydrogens is 216 g/mol. The SMILES string of the molecule is CC(C)(C)OC(=O)N1CCC12CCC(N)CC2. The van der Waals surface area contributed by atoms with E-state index in [1.807, 2.05) is 25.7 Å². The summed E-state index contributed by atoms with van der Waals surface area (Å²) in [7, 11) is 0. The first-order valence-corrected chi connectivity index (χ1v) is 6.59. The van der Waals surface area contributed by atoms with Gasteiger partial charge in [-0.2, -0.15) is 0 Å². The van der Waals surface area contributed by atoms with Gasteiger partial charge in [0.2, 0.25) is 0 Å². The van der Waals surface area contributed by atoms with Crippen LogP contribution in [0.3, 0.4) is 0 Å². The molecule has 0 radical (unpaired) electrons. The number of likely N-dealkylation sites (tertiary alicyclic amines) is 1. The smallest absolute Gasteiger partial charge is 0.410 e. The van der Waals surface area contributed by atoms with E-state index in [4.69, 9.17) is 10.5 Å². The molecule has 1 aliphatic heterocycles. The lowest BCUT2D eigenvalue weighted by Crippen LogP contribution is -2.64. The van der Waals surface area contributed by atoms with E-state index in [9.17, 15) is 4.79 Å². The highest BCUT2D eigenvalue weighted by molar-refractivity contribution is 5.70. The molecule has 0 unspecified atom stereocenters. The quantitative estimate of drug-likeness (QED) is 0.706. The lowest BCUT2D eigenvalue weighted by atomic mass is 9.71. The molecule has 17 heavy (non-hydrogen) atoms. The fourth-order valence-corrected chi connectivity index (χ4v) is 2.84. The summed E-state index contributed by atoms with van der Waals surface area (Å²) in [6.45, 7) is 6.57. The topological polar surface area (TPSA) is 55.6 Å². The highest BCUT2D eigenvalue weighted by Crippen LogP contribution is 2.43. The lowest BCUT2D eigenvalue weighted by molar-refractivity contribution is -0.0610. The van der Waals surface area contributed by atoms with Crippen LogP contribution in [0.5, 0.6) is 0 Å². The monoisotopic (exact) mass is 240 g/mol. The second kappa shape index (κ2) is 4.16. The number of rotatable bonds is 0. The van der Waals surface area contributed by atoms with Gasteiger partial charge in [0.15, 0.2) is 0 Å². The number of nitrogens with two attached hydrogens (primary N) is 1. The van der Waals surface area contributed by atoms with E-state index in [-0.39, 0.29) is 11.6 Å². The van der Waals surface area contributed by atoms with Crippen molar-refractivity contribution in [3.8, 4) is 0 Å². The third-order valence-corrected chi connectivity index (χ3v) is 3.95. The van der Waals surface area contributed by atoms with Crippen LogP contribution in [0.2, 0.25) is 0 Å². The first kappa shape index (κ1) is 12.7. The van der Waals surface area contributed by atoms with E-state index < -0.39 is 5.60 Å². The number of amides is 1. The molecule has 0 aromatic heterocycles.